The molecule has 1 aromatic heterocycles. The summed E-state index contributed by atoms with van der Waals surface area (Å²) in [5, 5.41) is 4.18. The van der Waals surface area contributed by atoms with Gasteiger partial charge in [-0.15, -0.1) is 0 Å². The van der Waals surface area contributed by atoms with Crippen molar-refractivity contribution in [3.63, 3.8) is 0 Å². The molecule has 0 aliphatic carbocycles. The first kappa shape index (κ1) is 21.3. The monoisotopic (exact) mass is 460 g/mol. The number of nitrogens with zero attached hydrogens (tertiary/aromatic N) is 3. The number of halogens is 1. The zero-order chi connectivity index (χ0) is 22.2. The van der Waals surface area contributed by atoms with E-state index in [4.69, 9.17) is 16.1 Å². The van der Waals surface area contributed by atoms with E-state index < -0.39 is 10.0 Å². The van der Waals surface area contributed by atoms with Crippen LogP contribution < -0.4 is 4.72 Å². The predicted octanol–water partition coefficient (Wildman–Crippen LogP) is 4.04. The summed E-state index contributed by atoms with van der Waals surface area (Å²) in [5.74, 6) is -0.273. The lowest BCUT2D eigenvalue weighted by Gasteiger charge is -2.13. The molecular formula is C21H21ClN4O4S. The Morgan fingerprint density at radius 3 is 2.58 bits per heavy atom. The SMILES string of the molecule is Cc1ccc(NS(=O)(=O)c2cc(-c3noc(C(=O)N4CCCC4)n3)ccc2C)c(Cl)c1. The Bertz CT molecular complexity index is 1250. The lowest BCUT2D eigenvalue weighted by Crippen LogP contribution is -2.27. The van der Waals surface area contributed by atoms with Gasteiger partial charge in [0.05, 0.1) is 15.6 Å². The minimum Gasteiger partial charge on any atom is -0.334 e. The highest BCUT2D eigenvalue weighted by molar-refractivity contribution is 7.92. The Hall–Kier alpha value is -2.91. The Balaban J connectivity index is 1.63. The second-order valence-corrected chi connectivity index (χ2v) is 9.55. The van der Waals surface area contributed by atoms with Crippen LogP contribution in [0.3, 0.4) is 0 Å². The molecule has 1 saturated heterocycles. The molecule has 1 N–H and O–H groups in total. The first-order valence-corrected chi connectivity index (χ1v) is 11.6. The van der Waals surface area contributed by atoms with Crippen molar-refractivity contribution in [2.45, 2.75) is 31.6 Å². The summed E-state index contributed by atoms with van der Waals surface area (Å²) < 4.78 is 33.7. The molecule has 0 atom stereocenters. The van der Waals surface area contributed by atoms with Gasteiger partial charge in [-0.2, -0.15) is 4.98 Å². The van der Waals surface area contributed by atoms with Crippen molar-refractivity contribution < 1.29 is 17.7 Å². The van der Waals surface area contributed by atoms with Gasteiger partial charge in [-0.05, 0) is 56.0 Å². The van der Waals surface area contributed by atoms with Crippen LogP contribution in [0.5, 0.6) is 0 Å². The number of hydrogen-bond acceptors (Lipinski definition) is 6. The zero-order valence-corrected chi connectivity index (χ0v) is 18.6. The van der Waals surface area contributed by atoms with E-state index in [1.807, 2.05) is 6.92 Å². The molecule has 0 saturated carbocycles. The van der Waals surface area contributed by atoms with Crippen molar-refractivity contribution in [2.24, 2.45) is 0 Å². The summed E-state index contributed by atoms with van der Waals surface area (Å²) in [7, 11) is -3.93. The Morgan fingerprint density at radius 2 is 1.87 bits per heavy atom. The molecule has 4 rings (SSSR count). The van der Waals surface area contributed by atoms with Gasteiger partial charge in [0.15, 0.2) is 0 Å². The molecule has 0 radical (unpaired) electrons. The third-order valence-corrected chi connectivity index (χ3v) is 6.93. The first-order valence-electron chi connectivity index (χ1n) is 9.77. The number of carbonyl (C=O) groups is 1. The average molecular weight is 461 g/mol. The van der Waals surface area contributed by atoms with Crippen molar-refractivity contribution in [2.75, 3.05) is 17.8 Å². The van der Waals surface area contributed by atoms with Gasteiger partial charge in [-0.25, -0.2) is 8.42 Å². The molecule has 0 bridgehead atoms. The molecule has 1 amide bonds. The van der Waals surface area contributed by atoms with E-state index >= 15 is 0 Å². The molecule has 31 heavy (non-hydrogen) atoms. The second-order valence-electron chi connectivity index (χ2n) is 7.49. The molecule has 1 fully saturated rings. The highest BCUT2D eigenvalue weighted by Crippen LogP contribution is 2.29. The minimum atomic E-state index is -3.93. The van der Waals surface area contributed by atoms with Crippen LogP contribution in [-0.4, -0.2) is 42.5 Å². The number of hydrogen-bond donors (Lipinski definition) is 1. The number of anilines is 1. The fourth-order valence-electron chi connectivity index (χ4n) is 3.41. The van der Waals surface area contributed by atoms with Gasteiger partial charge in [-0.3, -0.25) is 9.52 Å². The fraction of sp³-hybridized carbons (Fsp3) is 0.286. The van der Waals surface area contributed by atoms with Crippen LogP contribution in [-0.2, 0) is 10.0 Å². The number of benzene rings is 2. The van der Waals surface area contributed by atoms with Crippen molar-refractivity contribution in [1.82, 2.24) is 15.0 Å². The molecule has 1 aliphatic rings. The standard InChI is InChI=1S/C21H21ClN4O4S/c1-13-5-8-17(16(22)11-13)25-31(28,29)18-12-15(7-6-14(18)2)19-23-20(30-24-19)21(27)26-9-3-4-10-26/h5-8,11-12,25H,3-4,9-10H2,1-2H3. The van der Waals surface area contributed by atoms with Crippen molar-refractivity contribution in [1.29, 1.82) is 0 Å². The van der Waals surface area contributed by atoms with Crippen LogP contribution >= 0.6 is 11.6 Å². The summed E-state index contributed by atoms with van der Waals surface area (Å²) in [6, 6.07) is 9.85. The summed E-state index contributed by atoms with van der Waals surface area (Å²) in [6.45, 7) is 4.88. The Morgan fingerprint density at radius 1 is 1.13 bits per heavy atom. The van der Waals surface area contributed by atoms with Crippen molar-refractivity contribution in [3.8, 4) is 11.4 Å². The maximum absolute atomic E-state index is 13.0. The predicted molar refractivity (Wildman–Crippen MR) is 117 cm³/mol. The highest BCUT2D eigenvalue weighted by Gasteiger charge is 2.26. The number of amides is 1. The molecule has 10 heteroatoms. The van der Waals surface area contributed by atoms with E-state index in [-0.39, 0.29) is 28.2 Å². The molecule has 0 unspecified atom stereocenters. The van der Waals surface area contributed by atoms with Gasteiger partial charge >= 0.3 is 11.8 Å². The van der Waals surface area contributed by atoms with E-state index in [0.29, 0.717) is 29.2 Å². The summed E-state index contributed by atoms with van der Waals surface area (Å²) >= 11 is 6.18. The lowest BCUT2D eigenvalue weighted by atomic mass is 10.1. The van der Waals surface area contributed by atoms with Crippen LogP contribution in [0.2, 0.25) is 5.02 Å². The fourth-order valence-corrected chi connectivity index (χ4v) is 5.10. The van der Waals surface area contributed by atoms with Gasteiger partial charge in [0, 0.05) is 18.7 Å². The van der Waals surface area contributed by atoms with E-state index in [1.165, 1.54) is 6.07 Å². The number of likely N-dealkylation sites (tertiary alicyclic amines) is 1. The number of aryl methyl sites for hydroxylation is 2. The molecule has 2 heterocycles. The number of sulfonamides is 1. The van der Waals surface area contributed by atoms with Crippen LogP contribution in [0.4, 0.5) is 5.69 Å². The largest absolute Gasteiger partial charge is 0.334 e. The van der Waals surface area contributed by atoms with Crippen molar-refractivity contribution >= 4 is 33.2 Å². The van der Waals surface area contributed by atoms with Crippen LogP contribution in [0.25, 0.3) is 11.4 Å². The zero-order valence-electron chi connectivity index (χ0n) is 17.1. The Kier molecular flexibility index (Phi) is 5.72. The van der Waals surface area contributed by atoms with Crippen molar-refractivity contribution in [3.05, 3.63) is 58.4 Å². The summed E-state index contributed by atoms with van der Waals surface area (Å²) in [5.41, 5.74) is 2.17. The maximum atomic E-state index is 13.0. The highest BCUT2D eigenvalue weighted by atomic mass is 35.5. The van der Waals surface area contributed by atoms with Gasteiger partial charge in [0.25, 0.3) is 10.0 Å². The molecule has 0 spiro atoms. The molecule has 1 aliphatic heterocycles. The smallest absolute Gasteiger partial charge is 0.316 e. The number of aromatic nitrogens is 2. The third-order valence-electron chi connectivity index (χ3n) is 5.11. The number of nitrogens with one attached hydrogen (secondary N) is 1. The second kappa shape index (κ2) is 8.32. The van der Waals surface area contributed by atoms with Gasteiger partial charge < -0.3 is 9.42 Å². The van der Waals surface area contributed by atoms with E-state index in [0.717, 1.165) is 18.4 Å². The lowest BCUT2D eigenvalue weighted by molar-refractivity contribution is 0.0743. The molecule has 8 nitrogen and oxygen atoms in total. The Labute approximate surface area is 185 Å². The number of rotatable bonds is 5. The van der Waals surface area contributed by atoms with Gasteiger partial charge in [-0.1, -0.05) is 35.0 Å². The van der Waals surface area contributed by atoms with Crippen LogP contribution in [0.1, 0.15) is 34.7 Å². The van der Waals surface area contributed by atoms with E-state index in [1.54, 1.807) is 42.2 Å². The topological polar surface area (TPSA) is 105 Å². The van der Waals surface area contributed by atoms with Crippen LogP contribution in [0, 0.1) is 13.8 Å². The van der Waals surface area contributed by atoms with E-state index in [9.17, 15) is 13.2 Å². The van der Waals surface area contributed by atoms with E-state index in [2.05, 4.69) is 14.9 Å². The summed E-state index contributed by atoms with van der Waals surface area (Å²) in [6.07, 6.45) is 1.90. The number of carbonyl (C=O) groups excluding carboxylic acids is 1. The minimum absolute atomic E-state index is 0.0545. The van der Waals surface area contributed by atoms with Gasteiger partial charge in [0.2, 0.25) is 5.82 Å². The van der Waals surface area contributed by atoms with Gasteiger partial charge in [0.1, 0.15) is 0 Å². The molecule has 162 valence electrons. The third kappa shape index (κ3) is 4.42. The first-order chi connectivity index (χ1) is 14.7. The quantitative estimate of drug-likeness (QED) is 0.615. The summed E-state index contributed by atoms with van der Waals surface area (Å²) in [4.78, 5) is 18.3. The maximum Gasteiger partial charge on any atom is 0.316 e. The van der Waals surface area contributed by atoms with Crippen LogP contribution in [0.15, 0.2) is 45.8 Å². The molecule has 3 aromatic rings. The average Bonchev–Trinajstić information content (AvgIpc) is 3.42. The normalized spacial score (nSPS) is 14.1. The molecule has 2 aromatic carbocycles. The molecular weight excluding hydrogens is 440 g/mol.